The monoisotopic (exact) mass is 293 g/mol. The third-order valence-electron chi connectivity index (χ3n) is 2.71. The zero-order valence-electron chi connectivity index (χ0n) is 10.9. The van der Waals surface area contributed by atoms with Crippen molar-refractivity contribution in [3.8, 4) is 23.3 Å². The predicted octanol–water partition coefficient (Wildman–Crippen LogP) is 4.38. The molecule has 0 bridgehead atoms. The van der Waals surface area contributed by atoms with Crippen LogP contribution < -0.4 is 9.47 Å². The molecule has 0 saturated heterocycles. The molecule has 0 aliphatic heterocycles. The Morgan fingerprint density at radius 3 is 2.14 bits per heavy atom. The highest BCUT2D eigenvalue weighted by molar-refractivity contribution is 5.48. The fraction of sp³-hybridized carbons (Fsp3) is 0.133. The summed E-state index contributed by atoms with van der Waals surface area (Å²) in [5.41, 5.74) is -1.07. The Morgan fingerprint density at radius 1 is 1.00 bits per heavy atom. The Hall–Kier alpha value is -2.68. The van der Waals surface area contributed by atoms with Crippen LogP contribution in [-0.2, 0) is 6.18 Å². The van der Waals surface area contributed by atoms with Gasteiger partial charge in [0, 0.05) is 0 Å². The third-order valence-corrected chi connectivity index (χ3v) is 2.71. The average molecular weight is 293 g/mol. The highest BCUT2D eigenvalue weighted by Gasteiger charge is 2.31. The van der Waals surface area contributed by atoms with Crippen LogP contribution in [0.4, 0.5) is 13.2 Å². The summed E-state index contributed by atoms with van der Waals surface area (Å²) in [6.45, 7) is 0. The quantitative estimate of drug-likeness (QED) is 0.843. The van der Waals surface area contributed by atoms with Crippen LogP contribution in [0.15, 0.2) is 42.5 Å². The largest absolute Gasteiger partial charge is 0.497 e. The Kier molecular flexibility index (Phi) is 4.03. The molecule has 108 valence electrons. The standard InChI is InChI=1S/C15H10F3NO2/c1-20-12-3-5-13(6-4-12)21-14-7-2-11(15(16,17)18)8-10(14)9-19/h2-8H,1H3. The summed E-state index contributed by atoms with van der Waals surface area (Å²) >= 11 is 0. The third kappa shape index (κ3) is 3.45. The van der Waals surface area contributed by atoms with E-state index in [9.17, 15) is 13.2 Å². The summed E-state index contributed by atoms with van der Waals surface area (Å²) in [6, 6.07) is 10.9. The summed E-state index contributed by atoms with van der Waals surface area (Å²) in [7, 11) is 1.51. The summed E-state index contributed by atoms with van der Waals surface area (Å²) in [5, 5.41) is 8.95. The summed E-state index contributed by atoms with van der Waals surface area (Å²) < 4.78 is 48.2. The van der Waals surface area contributed by atoms with E-state index in [1.165, 1.54) is 7.11 Å². The van der Waals surface area contributed by atoms with Gasteiger partial charge >= 0.3 is 6.18 Å². The van der Waals surface area contributed by atoms with Crippen LogP contribution >= 0.6 is 0 Å². The first-order chi connectivity index (χ1) is 9.94. The lowest BCUT2D eigenvalue weighted by Crippen LogP contribution is -2.05. The van der Waals surface area contributed by atoms with Crippen molar-refractivity contribution >= 4 is 0 Å². The minimum atomic E-state index is -4.50. The lowest BCUT2D eigenvalue weighted by molar-refractivity contribution is -0.137. The van der Waals surface area contributed by atoms with E-state index in [1.807, 2.05) is 0 Å². The van der Waals surface area contributed by atoms with Crippen molar-refractivity contribution in [2.24, 2.45) is 0 Å². The van der Waals surface area contributed by atoms with Crippen molar-refractivity contribution in [2.45, 2.75) is 6.18 Å². The van der Waals surface area contributed by atoms with Gasteiger partial charge in [0.05, 0.1) is 18.2 Å². The van der Waals surface area contributed by atoms with E-state index in [0.29, 0.717) is 11.5 Å². The maximum Gasteiger partial charge on any atom is 0.416 e. The highest BCUT2D eigenvalue weighted by atomic mass is 19.4. The molecule has 0 aliphatic rings. The Balaban J connectivity index is 2.29. The number of alkyl halides is 3. The number of nitrogens with zero attached hydrogens (tertiary/aromatic N) is 1. The van der Waals surface area contributed by atoms with E-state index < -0.39 is 11.7 Å². The molecule has 0 unspecified atom stereocenters. The van der Waals surface area contributed by atoms with Crippen LogP contribution in [0.1, 0.15) is 11.1 Å². The van der Waals surface area contributed by atoms with Gasteiger partial charge in [0.25, 0.3) is 0 Å². The molecular weight excluding hydrogens is 283 g/mol. The van der Waals surface area contributed by atoms with Gasteiger partial charge in [0.2, 0.25) is 0 Å². The van der Waals surface area contributed by atoms with Crippen LogP contribution in [0, 0.1) is 11.3 Å². The molecule has 0 saturated carbocycles. The van der Waals surface area contributed by atoms with E-state index in [2.05, 4.69) is 0 Å². The van der Waals surface area contributed by atoms with E-state index in [4.69, 9.17) is 14.7 Å². The molecule has 0 amide bonds. The van der Waals surface area contributed by atoms with Crippen LogP contribution in [0.3, 0.4) is 0 Å². The molecule has 0 spiro atoms. The zero-order chi connectivity index (χ0) is 15.5. The molecule has 0 atom stereocenters. The highest BCUT2D eigenvalue weighted by Crippen LogP contribution is 2.34. The van der Waals surface area contributed by atoms with E-state index >= 15 is 0 Å². The van der Waals surface area contributed by atoms with Crippen molar-refractivity contribution in [3.05, 3.63) is 53.6 Å². The average Bonchev–Trinajstić information content (AvgIpc) is 2.47. The van der Waals surface area contributed by atoms with Crippen molar-refractivity contribution in [1.82, 2.24) is 0 Å². The minimum absolute atomic E-state index is 0.0654. The maximum atomic E-state index is 12.6. The maximum absolute atomic E-state index is 12.6. The first-order valence-electron chi connectivity index (χ1n) is 5.87. The molecule has 21 heavy (non-hydrogen) atoms. The van der Waals surface area contributed by atoms with Crippen molar-refractivity contribution in [1.29, 1.82) is 5.26 Å². The van der Waals surface area contributed by atoms with Gasteiger partial charge in [0.1, 0.15) is 23.3 Å². The fourth-order valence-corrected chi connectivity index (χ4v) is 1.65. The van der Waals surface area contributed by atoms with E-state index in [-0.39, 0.29) is 11.3 Å². The topological polar surface area (TPSA) is 42.2 Å². The van der Waals surface area contributed by atoms with Gasteiger partial charge in [-0.15, -0.1) is 0 Å². The first kappa shape index (κ1) is 14.7. The van der Waals surface area contributed by atoms with Crippen LogP contribution in [-0.4, -0.2) is 7.11 Å². The normalized spacial score (nSPS) is 10.8. The van der Waals surface area contributed by atoms with Gasteiger partial charge in [-0.1, -0.05) is 0 Å². The number of hydrogen-bond acceptors (Lipinski definition) is 3. The smallest absolute Gasteiger partial charge is 0.416 e. The van der Waals surface area contributed by atoms with Gasteiger partial charge in [-0.3, -0.25) is 0 Å². The molecular formula is C15H10F3NO2. The summed E-state index contributed by atoms with van der Waals surface area (Å²) in [6.07, 6.45) is -4.50. The van der Waals surface area contributed by atoms with Gasteiger partial charge in [0.15, 0.2) is 0 Å². The number of methoxy groups -OCH3 is 1. The Labute approximate surface area is 119 Å². The first-order valence-corrected chi connectivity index (χ1v) is 5.87. The zero-order valence-corrected chi connectivity index (χ0v) is 10.9. The van der Waals surface area contributed by atoms with Gasteiger partial charge in [-0.25, -0.2) is 0 Å². The number of benzene rings is 2. The van der Waals surface area contributed by atoms with Crippen molar-refractivity contribution in [2.75, 3.05) is 7.11 Å². The molecule has 0 heterocycles. The number of halogens is 3. The molecule has 6 heteroatoms. The number of ether oxygens (including phenoxy) is 2. The minimum Gasteiger partial charge on any atom is -0.497 e. The van der Waals surface area contributed by atoms with Crippen LogP contribution in [0.2, 0.25) is 0 Å². The predicted molar refractivity (Wildman–Crippen MR) is 69.2 cm³/mol. The lowest BCUT2D eigenvalue weighted by Gasteiger charge is -2.11. The molecule has 2 aromatic carbocycles. The molecule has 2 aromatic rings. The van der Waals surface area contributed by atoms with Crippen LogP contribution in [0.5, 0.6) is 17.2 Å². The number of rotatable bonds is 3. The van der Waals surface area contributed by atoms with Crippen molar-refractivity contribution in [3.63, 3.8) is 0 Å². The summed E-state index contributed by atoms with van der Waals surface area (Å²) in [4.78, 5) is 0. The number of hydrogen-bond donors (Lipinski definition) is 0. The van der Waals surface area contributed by atoms with E-state index in [1.54, 1.807) is 30.3 Å². The number of nitriles is 1. The SMILES string of the molecule is COc1ccc(Oc2ccc(C(F)(F)F)cc2C#N)cc1. The van der Waals surface area contributed by atoms with Gasteiger partial charge < -0.3 is 9.47 Å². The second-order valence-corrected chi connectivity index (χ2v) is 4.10. The Morgan fingerprint density at radius 2 is 1.62 bits per heavy atom. The molecule has 2 rings (SSSR count). The Bertz CT molecular complexity index is 673. The molecule has 0 aromatic heterocycles. The van der Waals surface area contributed by atoms with Crippen LogP contribution in [0.25, 0.3) is 0 Å². The van der Waals surface area contributed by atoms with E-state index in [0.717, 1.165) is 18.2 Å². The molecule has 0 fully saturated rings. The second kappa shape index (κ2) is 5.75. The molecule has 0 aliphatic carbocycles. The second-order valence-electron chi connectivity index (χ2n) is 4.10. The fourth-order valence-electron chi connectivity index (χ4n) is 1.65. The van der Waals surface area contributed by atoms with Gasteiger partial charge in [-0.05, 0) is 42.5 Å². The summed E-state index contributed by atoms with van der Waals surface area (Å²) in [5.74, 6) is 1.08. The molecule has 0 N–H and O–H groups in total. The van der Waals surface area contributed by atoms with Crippen molar-refractivity contribution < 1.29 is 22.6 Å². The molecule has 3 nitrogen and oxygen atoms in total. The van der Waals surface area contributed by atoms with Gasteiger partial charge in [-0.2, -0.15) is 18.4 Å². The lowest BCUT2D eigenvalue weighted by atomic mass is 10.1. The molecule has 0 radical (unpaired) electrons.